The Morgan fingerprint density at radius 2 is 2.20 bits per heavy atom. The summed E-state index contributed by atoms with van der Waals surface area (Å²) in [6, 6.07) is 4.12. The van der Waals surface area contributed by atoms with Crippen LogP contribution >= 0.6 is 0 Å². The van der Waals surface area contributed by atoms with Crippen LogP contribution < -0.4 is 0 Å². The van der Waals surface area contributed by atoms with E-state index in [2.05, 4.69) is 4.98 Å². The van der Waals surface area contributed by atoms with Crippen LogP contribution in [0.1, 0.15) is 22.2 Å². The molecule has 0 amide bonds. The first-order valence-electron chi connectivity index (χ1n) is 4.02. The number of carbonyl (C=O) groups is 1. The van der Waals surface area contributed by atoms with Gasteiger partial charge in [-0.05, 0) is 6.07 Å². The van der Waals surface area contributed by atoms with E-state index in [1.807, 2.05) is 0 Å². The lowest BCUT2D eigenvalue weighted by molar-refractivity contribution is 0.0493. The highest BCUT2D eigenvalue weighted by atomic mass is 16.4. The molecule has 1 aromatic heterocycles. The van der Waals surface area contributed by atoms with Crippen LogP contribution in [0.15, 0.2) is 18.3 Å². The molecule has 3 N–H and O–H groups in total. The molecule has 6 nitrogen and oxygen atoms in total. The standard InChI is InChI=1S/C9H8N2O4/c10-4-6(12)8(13)5-2-1-3-11-7(5)9(14)15/h1-3,6,8,12-13H,(H,14,15). The highest BCUT2D eigenvalue weighted by Gasteiger charge is 2.23. The summed E-state index contributed by atoms with van der Waals surface area (Å²) in [5.74, 6) is -1.32. The van der Waals surface area contributed by atoms with Gasteiger partial charge in [0.05, 0.1) is 6.07 Å². The summed E-state index contributed by atoms with van der Waals surface area (Å²) in [6.45, 7) is 0. The maximum absolute atomic E-state index is 10.7. The normalized spacial score (nSPS) is 13.9. The van der Waals surface area contributed by atoms with Crippen molar-refractivity contribution in [3.05, 3.63) is 29.6 Å². The van der Waals surface area contributed by atoms with E-state index in [4.69, 9.17) is 15.5 Å². The number of aromatic nitrogens is 1. The molecule has 2 unspecified atom stereocenters. The van der Waals surface area contributed by atoms with Crippen LogP contribution in [0.4, 0.5) is 0 Å². The molecule has 2 atom stereocenters. The predicted molar refractivity (Wildman–Crippen MR) is 47.8 cm³/mol. The van der Waals surface area contributed by atoms with Crippen molar-refractivity contribution in [1.82, 2.24) is 4.98 Å². The molecule has 1 rings (SSSR count). The summed E-state index contributed by atoms with van der Waals surface area (Å²) < 4.78 is 0. The zero-order valence-electron chi connectivity index (χ0n) is 7.53. The lowest BCUT2D eigenvalue weighted by Crippen LogP contribution is -2.19. The molecule has 0 radical (unpaired) electrons. The van der Waals surface area contributed by atoms with Crippen LogP contribution in [0.3, 0.4) is 0 Å². The number of aromatic carboxylic acids is 1. The number of hydrogen-bond acceptors (Lipinski definition) is 5. The van der Waals surface area contributed by atoms with Crippen molar-refractivity contribution >= 4 is 5.97 Å². The van der Waals surface area contributed by atoms with Crippen LogP contribution in [-0.2, 0) is 0 Å². The number of carboxylic acid groups (broad SMARTS) is 1. The highest BCUT2D eigenvalue weighted by molar-refractivity contribution is 5.87. The summed E-state index contributed by atoms with van der Waals surface area (Å²) in [6.07, 6.45) is -2.00. The van der Waals surface area contributed by atoms with Gasteiger partial charge in [0, 0.05) is 11.8 Å². The summed E-state index contributed by atoms with van der Waals surface area (Å²) in [5, 5.41) is 35.6. The van der Waals surface area contributed by atoms with Crippen molar-refractivity contribution in [3.63, 3.8) is 0 Å². The van der Waals surface area contributed by atoms with E-state index in [9.17, 15) is 9.90 Å². The minimum absolute atomic E-state index is 0.0842. The first-order valence-corrected chi connectivity index (χ1v) is 4.02. The first-order chi connectivity index (χ1) is 7.07. The van der Waals surface area contributed by atoms with E-state index in [1.54, 1.807) is 0 Å². The smallest absolute Gasteiger partial charge is 0.354 e. The molecule has 15 heavy (non-hydrogen) atoms. The zero-order chi connectivity index (χ0) is 11.4. The number of nitrogens with zero attached hydrogens (tertiary/aromatic N) is 2. The fraction of sp³-hybridized carbons (Fsp3) is 0.222. The minimum Gasteiger partial charge on any atom is -0.477 e. The third kappa shape index (κ3) is 2.28. The molecule has 0 aliphatic rings. The van der Waals surface area contributed by atoms with E-state index < -0.39 is 18.2 Å². The summed E-state index contributed by atoms with van der Waals surface area (Å²) in [7, 11) is 0. The largest absolute Gasteiger partial charge is 0.477 e. The number of aliphatic hydroxyl groups excluding tert-OH is 2. The van der Waals surface area contributed by atoms with E-state index >= 15 is 0 Å². The molecule has 1 aromatic rings. The van der Waals surface area contributed by atoms with Crippen LogP contribution in [0.25, 0.3) is 0 Å². The van der Waals surface area contributed by atoms with Gasteiger partial charge in [-0.15, -0.1) is 0 Å². The van der Waals surface area contributed by atoms with Crippen molar-refractivity contribution in [2.75, 3.05) is 0 Å². The van der Waals surface area contributed by atoms with Crippen LogP contribution in [0.5, 0.6) is 0 Å². The van der Waals surface area contributed by atoms with Crippen molar-refractivity contribution in [3.8, 4) is 6.07 Å². The molecular weight excluding hydrogens is 200 g/mol. The van der Waals surface area contributed by atoms with E-state index in [1.165, 1.54) is 24.4 Å². The van der Waals surface area contributed by atoms with Gasteiger partial charge in [0.25, 0.3) is 0 Å². The van der Waals surface area contributed by atoms with Gasteiger partial charge in [-0.2, -0.15) is 5.26 Å². The van der Waals surface area contributed by atoms with Crippen molar-refractivity contribution in [2.45, 2.75) is 12.2 Å². The average Bonchev–Trinajstić information content (AvgIpc) is 2.27. The summed E-state index contributed by atoms with van der Waals surface area (Å²) in [5.41, 5.74) is -0.460. The Labute approximate surface area is 85.0 Å². The van der Waals surface area contributed by atoms with Gasteiger partial charge in [0.1, 0.15) is 6.10 Å². The maximum atomic E-state index is 10.7. The number of nitriles is 1. The molecule has 6 heteroatoms. The molecule has 78 valence electrons. The fourth-order valence-electron chi connectivity index (χ4n) is 1.08. The van der Waals surface area contributed by atoms with Crippen molar-refractivity contribution < 1.29 is 20.1 Å². The van der Waals surface area contributed by atoms with Gasteiger partial charge >= 0.3 is 5.97 Å². The van der Waals surface area contributed by atoms with E-state index in [0.29, 0.717) is 0 Å². The minimum atomic E-state index is -1.67. The van der Waals surface area contributed by atoms with Gasteiger partial charge in [0.15, 0.2) is 11.8 Å². The van der Waals surface area contributed by atoms with Crippen molar-refractivity contribution in [1.29, 1.82) is 5.26 Å². The Balaban J connectivity index is 3.14. The summed E-state index contributed by atoms with van der Waals surface area (Å²) >= 11 is 0. The second kappa shape index (κ2) is 4.50. The monoisotopic (exact) mass is 208 g/mol. The molecule has 0 spiro atoms. The quantitative estimate of drug-likeness (QED) is 0.587. The Morgan fingerprint density at radius 3 is 2.73 bits per heavy atom. The average molecular weight is 208 g/mol. The molecule has 0 aliphatic carbocycles. The lowest BCUT2D eigenvalue weighted by atomic mass is 10.0. The van der Waals surface area contributed by atoms with Crippen LogP contribution in [0.2, 0.25) is 0 Å². The second-order valence-corrected chi connectivity index (χ2v) is 2.77. The SMILES string of the molecule is N#CC(O)C(O)c1cccnc1C(=O)O. The van der Waals surface area contributed by atoms with Gasteiger partial charge in [0.2, 0.25) is 0 Å². The van der Waals surface area contributed by atoms with Gasteiger partial charge in [-0.3, -0.25) is 0 Å². The molecule has 0 saturated carbocycles. The number of aliphatic hydroxyl groups is 2. The van der Waals surface area contributed by atoms with Crippen molar-refractivity contribution in [2.24, 2.45) is 0 Å². The predicted octanol–water partition coefficient (Wildman–Crippen LogP) is -0.302. The van der Waals surface area contributed by atoms with Crippen LogP contribution in [-0.4, -0.2) is 32.4 Å². The second-order valence-electron chi connectivity index (χ2n) is 2.77. The van der Waals surface area contributed by atoms with Gasteiger partial charge in [-0.1, -0.05) is 6.07 Å². The molecule has 0 aliphatic heterocycles. The Hall–Kier alpha value is -1.97. The number of carboxylic acids is 1. The lowest BCUT2D eigenvalue weighted by Gasteiger charge is -2.13. The fourth-order valence-corrected chi connectivity index (χ4v) is 1.08. The molecule has 1 heterocycles. The zero-order valence-corrected chi connectivity index (χ0v) is 7.53. The highest BCUT2D eigenvalue weighted by Crippen LogP contribution is 2.19. The Kier molecular flexibility index (Phi) is 3.33. The summed E-state index contributed by atoms with van der Waals surface area (Å²) in [4.78, 5) is 14.2. The molecule has 0 aromatic carbocycles. The van der Waals surface area contributed by atoms with Gasteiger partial charge in [-0.25, -0.2) is 9.78 Å². The maximum Gasteiger partial charge on any atom is 0.354 e. The molecule has 0 fully saturated rings. The third-order valence-electron chi connectivity index (χ3n) is 1.79. The number of pyridine rings is 1. The molecule has 0 saturated heterocycles. The molecule has 0 bridgehead atoms. The molecular formula is C9H8N2O4. The topological polar surface area (TPSA) is 114 Å². The number of rotatable bonds is 3. The Bertz CT molecular complexity index is 413. The van der Waals surface area contributed by atoms with E-state index in [0.717, 1.165) is 0 Å². The third-order valence-corrected chi connectivity index (χ3v) is 1.79. The van der Waals surface area contributed by atoms with Gasteiger partial charge < -0.3 is 15.3 Å². The van der Waals surface area contributed by atoms with Crippen LogP contribution in [0, 0.1) is 11.3 Å². The van der Waals surface area contributed by atoms with E-state index in [-0.39, 0.29) is 11.3 Å². The first kappa shape index (κ1) is 11.1. The Morgan fingerprint density at radius 1 is 1.53 bits per heavy atom. The number of hydrogen-bond donors (Lipinski definition) is 3.